The number of rotatable bonds is 12. The van der Waals surface area contributed by atoms with Gasteiger partial charge in [0.2, 0.25) is 0 Å². The molecule has 3 rings (SSSR count). The fourth-order valence-electron chi connectivity index (χ4n) is 5.68. The summed E-state index contributed by atoms with van der Waals surface area (Å²) in [5, 5.41) is 1.54. The molecule has 0 spiro atoms. The highest BCUT2D eigenvalue weighted by Gasteiger charge is 2.38. The topological polar surface area (TPSA) is 0 Å². The molecule has 0 saturated heterocycles. The van der Waals surface area contributed by atoms with Crippen molar-refractivity contribution in [3.05, 3.63) is 21.9 Å². The van der Waals surface area contributed by atoms with Crippen LogP contribution >= 0.6 is 22.7 Å². The van der Waals surface area contributed by atoms with Crippen LogP contribution in [-0.4, -0.2) is 0 Å². The van der Waals surface area contributed by atoms with Crippen LogP contribution in [0.2, 0.25) is 0 Å². The molecule has 0 N–H and O–H groups in total. The first kappa shape index (κ1) is 22.3. The maximum Gasteiger partial charge on any atom is 0.0870 e. The molecule has 0 aromatic carbocycles. The number of aryl methyl sites for hydroxylation is 2. The number of hydrogen-bond donors (Lipinski definition) is 0. The first-order valence-electron chi connectivity index (χ1n) is 12.2. The Kier molecular flexibility index (Phi) is 8.91. The molecule has 158 valence electrons. The van der Waals surface area contributed by atoms with Crippen LogP contribution in [0.5, 0.6) is 0 Å². The zero-order valence-electron chi connectivity index (χ0n) is 18.7. The van der Waals surface area contributed by atoms with Gasteiger partial charge in [-0.3, -0.25) is 0 Å². The van der Waals surface area contributed by atoms with Crippen LogP contribution in [0.25, 0.3) is 9.40 Å². The fraction of sp³-hybridized carbons (Fsp3) is 0.769. The third-order valence-corrected chi connectivity index (χ3v) is 9.71. The van der Waals surface area contributed by atoms with Gasteiger partial charge in [-0.15, -0.1) is 22.7 Å². The number of fused-ring (bicyclic) bond motifs is 1. The van der Waals surface area contributed by atoms with Crippen molar-refractivity contribution in [1.29, 1.82) is 0 Å². The minimum Gasteiger partial charge on any atom is -0.129 e. The van der Waals surface area contributed by atoms with Gasteiger partial charge in [-0.05, 0) is 62.0 Å². The summed E-state index contributed by atoms with van der Waals surface area (Å²) in [6, 6.07) is 5.02. The lowest BCUT2D eigenvalue weighted by molar-refractivity contribution is 0.0705. The molecule has 0 radical (unpaired) electrons. The molecule has 0 aliphatic heterocycles. The Morgan fingerprint density at radius 2 is 1.46 bits per heavy atom. The zero-order valence-corrected chi connectivity index (χ0v) is 20.3. The van der Waals surface area contributed by atoms with Crippen LogP contribution in [0.3, 0.4) is 0 Å². The van der Waals surface area contributed by atoms with Gasteiger partial charge in [-0.1, -0.05) is 78.6 Å². The van der Waals surface area contributed by atoms with Gasteiger partial charge in [0.15, 0.2) is 0 Å². The Balaban J connectivity index is 1.66. The van der Waals surface area contributed by atoms with Gasteiger partial charge in [0.1, 0.15) is 0 Å². The molecule has 2 aromatic heterocycles. The van der Waals surface area contributed by atoms with Crippen LogP contribution < -0.4 is 0 Å². The summed E-state index contributed by atoms with van der Waals surface area (Å²) in [6.45, 7) is 7.08. The van der Waals surface area contributed by atoms with Crippen molar-refractivity contribution in [1.82, 2.24) is 0 Å². The highest BCUT2D eigenvalue weighted by molar-refractivity contribution is 7.38. The molecule has 2 heteroatoms. The van der Waals surface area contributed by atoms with E-state index in [-0.39, 0.29) is 0 Å². The van der Waals surface area contributed by atoms with Crippen molar-refractivity contribution >= 4 is 32.1 Å². The van der Waals surface area contributed by atoms with E-state index in [1.165, 1.54) is 102 Å². The van der Waals surface area contributed by atoms with Crippen molar-refractivity contribution in [2.45, 2.75) is 117 Å². The van der Waals surface area contributed by atoms with Gasteiger partial charge in [0, 0.05) is 15.1 Å². The maximum absolute atomic E-state index is 2.53. The van der Waals surface area contributed by atoms with Crippen molar-refractivity contribution in [2.24, 2.45) is 11.3 Å². The van der Waals surface area contributed by atoms with Gasteiger partial charge in [0.25, 0.3) is 0 Å². The summed E-state index contributed by atoms with van der Waals surface area (Å²) in [6.07, 6.45) is 21.2. The molecule has 0 atom stereocenters. The molecular formula is C26H42S2. The molecule has 0 amide bonds. The minimum absolute atomic E-state index is 0.646. The fourth-order valence-corrected chi connectivity index (χ4v) is 8.26. The Labute approximate surface area is 182 Å². The van der Waals surface area contributed by atoms with Crippen LogP contribution in [0, 0.1) is 11.3 Å². The number of unbranched alkanes of at least 4 members (excludes halogenated alkanes) is 2. The second-order valence-corrected chi connectivity index (χ2v) is 11.9. The third-order valence-electron chi connectivity index (χ3n) is 7.20. The van der Waals surface area contributed by atoms with E-state index in [1.54, 1.807) is 13.8 Å². The van der Waals surface area contributed by atoms with E-state index in [0.717, 1.165) is 5.92 Å². The second kappa shape index (κ2) is 11.2. The van der Waals surface area contributed by atoms with E-state index in [0.29, 0.717) is 5.41 Å². The third kappa shape index (κ3) is 5.63. The molecule has 0 unspecified atom stereocenters. The summed E-state index contributed by atoms with van der Waals surface area (Å²) >= 11 is 4.17. The van der Waals surface area contributed by atoms with Crippen molar-refractivity contribution in [3.63, 3.8) is 0 Å². The lowest BCUT2D eigenvalue weighted by Gasteiger charge is -2.44. The predicted octanol–water partition coefficient (Wildman–Crippen LogP) is 9.79. The van der Waals surface area contributed by atoms with E-state index in [4.69, 9.17) is 0 Å². The molecule has 2 aromatic rings. The van der Waals surface area contributed by atoms with Gasteiger partial charge >= 0.3 is 0 Å². The summed E-state index contributed by atoms with van der Waals surface area (Å²) in [5.41, 5.74) is 0.646. The molecule has 28 heavy (non-hydrogen) atoms. The Morgan fingerprint density at radius 1 is 0.821 bits per heavy atom. The van der Waals surface area contributed by atoms with E-state index in [2.05, 4.69) is 55.6 Å². The first-order valence-corrected chi connectivity index (χ1v) is 13.8. The highest BCUT2D eigenvalue weighted by Crippen LogP contribution is 2.50. The summed E-state index contributed by atoms with van der Waals surface area (Å²) in [7, 11) is 0. The maximum atomic E-state index is 2.53. The normalized spacial score (nSPS) is 17.0. The van der Waals surface area contributed by atoms with Crippen molar-refractivity contribution < 1.29 is 0 Å². The van der Waals surface area contributed by atoms with Gasteiger partial charge < -0.3 is 0 Å². The monoisotopic (exact) mass is 418 g/mol. The summed E-state index contributed by atoms with van der Waals surface area (Å²) in [5.74, 6) is 0.967. The van der Waals surface area contributed by atoms with Crippen LogP contribution in [0.4, 0.5) is 0 Å². The molecule has 1 saturated carbocycles. The molecule has 1 fully saturated rings. The van der Waals surface area contributed by atoms with Crippen molar-refractivity contribution in [2.75, 3.05) is 0 Å². The molecule has 1 aliphatic rings. The first-order chi connectivity index (χ1) is 13.7. The van der Waals surface area contributed by atoms with Crippen molar-refractivity contribution in [3.8, 4) is 0 Å². The highest BCUT2D eigenvalue weighted by atomic mass is 32.2. The molecular weight excluding hydrogens is 376 g/mol. The number of hydrogen-bond acceptors (Lipinski definition) is 2. The van der Waals surface area contributed by atoms with Crippen LogP contribution in [0.1, 0.15) is 114 Å². The van der Waals surface area contributed by atoms with Gasteiger partial charge in [-0.25, -0.2) is 0 Å². The van der Waals surface area contributed by atoms with E-state index in [1.807, 2.05) is 0 Å². The average molecular weight is 419 g/mol. The molecule has 2 heterocycles. The van der Waals surface area contributed by atoms with Gasteiger partial charge in [-0.2, -0.15) is 0 Å². The Morgan fingerprint density at radius 3 is 2.04 bits per heavy atom. The largest absolute Gasteiger partial charge is 0.129 e. The van der Waals surface area contributed by atoms with Crippen LogP contribution in [0.15, 0.2) is 12.1 Å². The Bertz CT molecular complexity index is 649. The SMILES string of the molecule is CCCCCc1cc2cc(CCC3(C(CCC)CCC)CCCCC3)sc2s1. The lowest BCUT2D eigenvalue weighted by Crippen LogP contribution is -2.33. The smallest absolute Gasteiger partial charge is 0.0870 e. The zero-order chi connectivity index (χ0) is 19.8. The number of thiophene rings is 2. The van der Waals surface area contributed by atoms with Crippen LogP contribution in [-0.2, 0) is 12.8 Å². The molecule has 0 bridgehead atoms. The van der Waals surface area contributed by atoms with Gasteiger partial charge in [0.05, 0.1) is 4.01 Å². The summed E-state index contributed by atoms with van der Waals surface area (Å²) in [4.78, 5) is 3.26. The average Bonchev–Trinajstić information content (AvgIpc) is 3.25. The predicted molar refractivity (Wildman–Crippen MR) is 130 cm³/mol. The molecule has 1 aliphatic carbocycles. The standard InChI is InChI=1S/C26H42S2/c1-4-7-9-14-23-19-21-20-24(28-25(21)27-23)15-18-26(16-10-8-11-17-26)22(12-5-2)13-6-3/h19-20,22H,4-18H2,1-3H3. The lowest BCUT2D eigenvalue weighted by atomic mass is 9.61. The Hall–Kier alpha value is -0.340. The minimum atomic E-state index is 0.646. The quantitative estimate of drug-likeness (QED) is 0.301. The molecule has 0 nitrogen and oxygen atoms in total. The second-order valence-electron chi connectivity index (χ2n) is 9.32. The van der Waals surface area contributed by atoms with E-state index < -0.39 is 0 Å². The summed E-state index contributed by atoms with van der Waals surface area (Å²) < 4.78 is 1.58. The van der Waals surface area contributed by atoms with E-state index in [9.17, 15) is 0 Å². The van der Waals surface area contributed by atoms with E-state index >= 15 is 0 Å².